The van der Waals surface area contributed by atoms with Gasteiger partial charge in [0.25, 0.3) is 0 Å². The topological polar surface area (TPSA) is 33.1 Å². The van der Waals surface area contributed by atoms with Gasteiger partial charge in [0.1, 0.15) is 0 Å². The van der Waals surface area contributed by atoms with Crippen molar-refractivity contribution in [3.8, 4) is 0 Å². The van der Waals surface area contributed by atoms with Crippen LogP contribution in [0.2, 0.25) is 0 Å². The van der Waals surface area contributed by atoms with E-state index < -0.39 is 0 Å². The molecule has 1 aromatic rings. The van der Waals surface area contributed by atoms with E-state index in [0.717, 1.165) is 30.0 Å². The maximum atomic E-state index is 9.88. The van der Waals surface area contributed by atoms with Crippen molar-refractivity contribution in [2.24, 2.45) is 5.41 Å². The third-order valence-electron chi connectivity index (χ3n) is 2.91. The molecule has 2 nitrogen and oxygen atoms in total. The Kier molecular flexibility index (Phi) is 2.16. The Hall–Kier alpha value is -0.410. The first-order valence-corrected chi connectivity index (χ1v) is 5.57. The Morgan fingerprint density at radius 2 is 2.38 bits per heavy atom. The summed E-state index contributed by atoms with van der Waals surface area (Å²) >= 11 is 1.66. The molecule has 1 N–H and O–H groups in total. The minimum atomic E-state index is -0.200. The van der Waals surface area contributed by atoms with Gasteiger partial charge in [-0.05, 0) is 25.2 Å². The van der Waals surface area contributed by atoms with E-state index in [9.17, 15) is 5.11 Å². The van der Waals surface area contributed by atoms with E-state index in [1.165, 1.54) is 0 Å². The molecular formula is C10H15NOS. The molecule has 1 atom stereocenters. The lowest BCUT2D eigenvalue weighted by molar-refractivity contribution is 0.102. The third kappa shape index (κ3) is 1.92. The van der Waals surface area contributed by atoms with Gasteiger partial charge in [-0.25, -0.2) is 4.98 Å². The Bertz CT molecular complexity index is 304. The number of aromatic nitrogens is 1. The number of thiazole rings is 1. The maximum Gasteiger partial charge on any atom is 0.0897 e. The number of rotatable bonds is 3. The van der Waals surface area contributed by atoms with Crippen molar-refractivity contribution in [3.05, 3.63) is 16.1 Å². The molecule has 13 heavy (non-hydrogen) atoms. The van der Waals surface area contributed by atoms with Crippen molar-refractivity contribution in [3.63, 3.8) is 0 Å². The highest BCUT2D eigenvalue weighted by Gasteiger charge is 2.44. The molecule has 1 saturated carbocycles. The molecule has 3 heteroatoms. The van der Waals surface area contributed by atoms with Gasteiger partial charge in [-0.2, -0.15) is 0 Å². The predicted octanol–water partition coefficient (Wildman–Crippen LogP) is 2.16. The molecule has 0 bridgehead atoms. The summed E-state index contributed by atoms with van der Waals surface area (Å²) in [6, 6.07) is 0. The van der Waals surface area contributed by atoms with Gasteiger partial charge in [0.2, 0.25) is 0 Å². The number of hydrogen-bond donors (Lipinski definition) is 1. The molecule has 72 valence electrons. The second kappa shape index (κ2) is 3.07. The zero-order chi connectivity index (χ0) is 9.47. The molecule has 0 aromatic carbocycles. The first-order valence-electron chi connectivity index (χ1n) is 4.69. The van der Waals surface area contributed by atoms with E-state index >= 15 is 0 Å². The van der Waals surface area contributed by atoms with Crippen LogP contribution in [0.15, 0.2) is 5.38 Å². The van der Waals surface area contributed by atoms with Crippen LogP contribution in [0.25, 0.3) is 0 Å². The molecule has 0 saturated heterocycles. The highest BCUT2D eigenvalue weighted by Crippen LogP contribution is 2.48. The van der Waals surface area contributed by atoms with E-state index in [1.54, 1.807) is 11.3 Å². The monoisotopic (exact) mass is 197 g/mol. The quantitative estimate of drug-likeness (QED) is 0.805. The molecule has 1 unspecified atom stereocenters. The smallest absolute Gasteiger partial charge is 0.0897 e. The summed E-state index contributed by atoms with van der Waals surface area (Å²) in [5, 5.41) is 13.0. The second-order valence-corrected chi connectivity index (χ2v) is 5.29. The van der Waals surface area contributed by atoms with Crippen molar-refractivity contribution in [1.29, 1.82) is 0 Å². The largest absolute Gasteiger partial charge is 0.392 e. The van der Waals surface area contributed by atoms with Gasteiger partial charge in [0.05, 0.1) is 16.8 Å². The SMILES string of the molecule is Cc1nc(CC(O)C2(C)CC2)cs1. The van der Waals surface area contributed by atoms with Crippen molar-refractivity contribution in [1.82, 2.24) is 4.98 Å². The van der Waals surface area contributed by atoms with Gasteiger partial charge in [-0.1, -0.05) is 6.92 Å². The number of aliphatic hydroxyl groups excluding tert-OH is 1. The van der Waals surface area contributed by atoms with E-state index in [1.807, 2.05) is 12.3 Å². The van der Waals surface area contributed by atoms with Crippen LogP contribution in [-0.4, -0.2) is 16.2 Å². The van der Waals surface area contributed by atoms with Crippen molar-refractivity contribution >= 4 is 11.3 Å². The minimum absolute atomic E-state index is 0.192. The lowest BCUT2D eigenvalue weighted by Crippen LogP contribution is -2.21. The number of hydrogen-bond acceptors (Lipinski definition) is 3. The van der Waals surface area contributed by atoms with Crippen molar-refractivity contribution < 1.29 is 5.11 Å². The standard InChI is InChI=1S/C10H15NOS/c1-7-11-8(6-13-7)5-9(12)10(2)3-4-10/h6,9,12H,3-5H2,1-2H3. The van der Waals surface area contributed by atoms with Gasteiger partial charge in [0, 0.05) is 11.8 Å². The summed E-state index contributed by atoms with van der Waals surface area (Å²) in [6.45, 7) is 4.15. The summed E-state index contributed by atoms with van der Waals surface area (Å²) in [7, 11) is 0. The summed E-state index contributed by atoms with van der Waals surface area (Å²) in [4.78, 5) is 4.35. The molecular weight excluding hydrogens is 182 g/mol. The van der Waals surface area contributed by atoms with Gasteiger partial charge < -0.3 is 5.11 Å². The molecule has 2 rings (SSSR count). The molecule has 0 amide bonds. The van der Waals surface area contributed by atoms with Crippen LogP contribution in [0.5, 0.6) is 0 Å². The molecule has 1 aromatic heterocycles. The average molecular weight is 197 g/mol. The molecule has 0 spiro atoms. The fourth-order valence-electron chi connectivity index (χ4n) is 1.48. The summed E-state index contributed by atoms with van der Waals surface area (Å²) in [6.07, 6.45) is 2.85. The normalized spacial score (nSPS) is 21.5. The van der Waals surface area contributed by atoms with E-state index in [2.05, 4.69) is 11.9 Å². The number of aliphatic hydroxyl groups is 1. The van der Waals surface area contributed by atoms with Crippen LogP contribution in [-0.2, 0) is 6.42 Å². The summed E-state index contributed by atoms with van der Waals surface area (Å²) in [5.41, 5.74) is 1.24. The van der Waals surface area contributed by atoms with E-state index in [0.29, 0.717) is 0 Å². The van der Waals surface area contributed by atoms with Gasteiger partial charge in [-0.3, -0.25) is 0 Å². The Morgan fingerprint density at radius 1 is 1.69 bits per heavy atom. The van der Waals surface area contributed by atoms with Crippen LogP contribution in [0, 0.1) is 12.3 Å². The van der Waals surface area contributed by atoms with Crippen molar-refractivity contribution in [2.45, 2.75) is 39.2 Å². The zero-order valence-corrected chi connectivity index (χ0v) is 8.90. The molecule has 1 aliphatic carbocycles. The molecule has 0 radical (unpaired) electrons. The van der Waals surface area contributed by atoms with Crippen LogP contribution < -0.4 is 0 Å². The summed E-state index contributed by atoms with van der Waals surface area (Å²) in [5.74, 6) is 0. The molecule has 1 heterocycles. The van der Waals surface area contributed by atoms with Crippen LogP contribution in [0.3, 0.4) is 0 Å². The molecule has 0 aliphatic heterocycles. The molecule has 1 aliphatic rings. The van der Waals surface area contributed by atoms with Gasteiger partial charge in [-0.15, -0.1) is 11.3 Å². The van der Waals surface area contributed by atoms with Gasteiger partial charge >= 0.3 is 0 Å². The Labute approximate surface area is 82.6 Å². The summed E-state index contributed by atoms with van der Waals surface area (Å²) < 4.78 is 0. The number of aryl methyl sites for hydroxylation is 1. The third-order valence-corrected chi connectivity index (χ3v) is 3.73. The minimum Gasteiger partial charge on any atom is -0.392 e. The fraction of sp³-hybridized carbons (Fsp3) is 0.700. The lowest BCUT2D eigenvalue weighted by Gasteiger charge is -2.15. The highest BCUT2D eigenvalue weighted by molar-refractivity contribution is 7.09. The number of nitrogens with zero attached hydrogens (tertiary/aromatic N) is 1. The van der Waals surface area contributed by atoms with Crippen molar-refractivity contribution in [2.75, 3.05) is 0 Å². The highest BCUT2D eigenvalue weighted by atomic mass is 32.1. The van der Waals surface area contributed by atoms with Gasteiger partial charge in [0.15, 0.2) is 0 Å². The first kappa shape index (κ1) is 9.16. The van der Waals surface area contributed by atoms with Crippen LogP contribution in [0.1, 0.15) is 30.5 Å². The zero-order valence-electron chi connectivity index (χ0n) is 8.08. The Morgan fingerprint density at radius 3 is 2.85 bits per heavy atom. The van der Waals surface area contributed by atoms with Crippen LogP contribution >= 0.6 is 11.3 Å². The Balaban J connectivity index is 1.98. The first-order chi connectivity index (χ1) is 6.10. The van der Waals surface area contributed by atoms with Crippen LogP contribution in [0.4, 0.5) is 0 Å². The lowest BCUT2D eigenvalue weighted by atomic mass is 9.98. The second-order valence-electron chi connectivity index (χ2n) is 4.23. The fourth-order valence-corrected chi connectivity index (χ4v) is 2.10. The predicted molar refractivity (Wildman–Crippen MR) is 53.9 cm³/mol. The maximum absolute atomic E-state index is 9.88. The molecule has 1 fully saturated rings. The van der Waals surface area contributed by atoms with E-state index in [4.69, 9.17) is 0 Å². The average Bonchev–Trinajstić information content (AvgIpc) is 2.69. The van der Waals surface area contributed by atoms with E-state index in [-0.39, 0.29) is 11.5 Å².